The molecule has 2 heterocycles. The number of aromatic nitrogens is 1. The summed E-state index contributed by atoms with van der Waals surface area (Å²) >= 11 is 0. The lowest BCUT2D eigenvalue weighted by molar-refractivity contribution is -0.160. The summed E-state index contributed by atoms with van der Waals surface area (Å²) < 4.78 is 5.46. The molecule has 1 N–H and O–H groups in total. The molecule has 1 aromatic carbocycles. The molecule has 1 saturated carbocycles. The molecule has 5 heteroatoms. The maximum atomic E-state index is 12.4. The zero-order valence-corrected chi connectivity index (χ0v) is 18.2. The topological polar surface area (TPSA) is 83.2 Å². The molecule has 1 saturated heterocycles. The summed E-state index contributed by atoms with van der Waals surface area (Å²) in [4.78, 5) is 17.0. The van der Waals surface area contributed by atoms with E-state index in [4.69, 9.17) is 4.74 Å². The van der Waals surface area contributed by atoms with Gasteiger partial charge in [-0.1, -0.05) is 50.6 Å². The van der Waals surface area contributed by atoms with Crippen molar-refractivity contribution < 1.29 is 14.6 Å². The van der Waals surface area contributed by atoms with Crippen molar-refractivity contribution in [1.82, 2.24) is 4.98 Å². The lowest BCUT2D eigenvalue weighted by atomic mass is 9.59. The molecule has 0 spiro atoms. The van der Waals surface area contributed by atoms with Crippen LogP contribution in [-0.2, 0) is 9.53 Å². The summed E-state index contributed by atoms with van der Waals surface area (Å²) in [5.41, 5.74) is 1.77. The summed E-state index contributed by atoms with van der Waals surface area (Å²) in [6.07, 6.45) is 6.96. The number of cyclic esters (lactones) is 1. The third-order valence-electron chi connectivity index (χ3n) is 7.08. The number of hydrogen-bond acceptors (Lipinski definition) is 5. The SMILES string of the molecule is CCC1C(C)CC2(O)C(=O)OC(C)C2C1/C=C/c1ccc(-c2ccccc2C#N)cn1. The Morgan fingerprint density at radius 2 is 2.06 bits per heavy atom. The van der Waals surface area contributed by atoms with Crippen LogP contribution in [0, 0.1) is 35.0 Å². The molecule has 0 bridgehead atoms. The molecule has 160 valence electrons. The van der Waals surface area contributed by atoms with Crippen molar-refractivity contribution in [2.75, 3.05) is 0 Å². The average molecular weight is 417 g/mol. The van der Waals surface area contributed by atoms with Gasteiger partial charge in [0, 0.05) is 23.2 Å². The highest BCUT2D eigenvalue weighted by molar-refractivity contribution is 5.82. The molecule has 2 aromatic rings. The molecule has 2 aliphatic rings. The van der Waals surface area contributed by atoms with Crippen molar-refractivity contribution in [2.24, 2.45) is 23.7 Å². The Bertz CT molecular complexity index is 1040. The molecule has 1 aliphatic carbocycles. The molecule has 6 atom stereocenters. The Labute approximate surface area is 183 Å². The van der Waals surface area contributed by atoms with Crippen LogP contribution in [0.1, 0.15) is 44.9 Å². The van der Waals surface area contributed by atoms with Gasteiger partial charge in [0.2, 0.25) is 0 Å². The van der Waals surface area contributed by atoms with E-state index in [1.165, 1.54) is 0 Å². The summed E-state index contributed by atoms with van der Waals surface area (Å²) in [5, 5.41) is 20.5. The fourth-order valence-electron chi connectivity index (χ4n) is 5.65. The van der Waals surface area contributed by atoms with Gasteiger partial charge in [-0.2, -0.15) is 5.26 Å². The van der Waals surface area contributed by atoms with Gasteiger partial charge in [-0.15, -0.1) is 0 Å². The van der Waals surface area contributed by atoms with Gasteiger partial charge in [0.05, 0.1) is 17.3 Å². The number of allylic oxidation sites excluding steroid dienone is 1. The first kappa shape index (κ1) is 21.3. The van der Waals surface area contributed by atoms with E-state index < -0.39 is 11.6 Å². The van der Waals surface area contributed by atoms with Crippen molar-refractivity contribution in [3.8, 4) is 17.2 Å². The Morgan fingerprint density at radius 3 is 2.74 bits per heavy atom. The molecule has 0 radical (unpaired) electrons. The van der Waals surface area contributed by atoms with Gasteiger partial charge in [-0.3, -0.25) is 4.98 Å². The standard InChI is InChI=1S/C26H28N2O3/c1-4-21-16(2)13-26(30)24(17(3)31-25(26)29)23(21)12-11-20-10-9-19(15-28-20)22-8-6-5-7-18(22)14-27/h5-12,15-17,21,23-24,30H,4,13H2,1-3H3/b12-11+. The monoisotopic (exact) mass is 416 g/mol. The Balaban J connectivity index is 1.62. The van der Waals surface area contributed by atoms with Crippen molar-refractivity contribution in [2.45, 2.75) is 45.3 Å². The molecule has 31 heavy (non-hydrogen) atoms. The van der Waals surface area contributed by atoms with Crippen LogP contribution < -0.4 is 0 Å². The van der Waals surface area contributed by atoms with Crippen molar-refractivity contribution in [3.63, 3.8) is 0 Å². The smallest absolute Gasteiger partial charge is 0.338 e. The summed E-state index contributed by atoms with van der Waals surface area (Å²) in [6, 6.07) is 13.6. The summed E-state index contributed by atoms with van der Waals surface area (Å²) in [7, 11) is 0. The third-order valence-corrected chi connectivity index (χ3v) is 7.08. The van der Waals surface area contributed by atoms with Crippen LogP contribution in [0.25, 0.3) is 17.2 Å². The molecule has 1 aliphatic heterocycles. The highest BCUT2D eigenvalue weighted by Gasteiger charge is 2.62. The van der Waals surface area contributed by atoms with Crippen LogP contribution in [0.2, 0.25) is 0 Å². The Kier molecular flexibility index (Phi) is 5.68. The van der Waals surface area contributed by atoms with Crippen molar-refractivity contribution >= 4 is 12.0 Å². The van der Waals surface area contributed by atoms with Crippen LogP contribution in [0.5, 0.6) is 0 Å². The lowest BCUT2D eigenvalue weighted by Gasteiger charge is -2.45. The molecule has 2 fully saturated rings. The van der Waals surface area contributed by atoms with Crippen LogP contribution in [-0.4, -0.2) is 27.8 Å². The van der Waals surface area contributed by atoms with Crippen LogP contribution in [0.15, 0.2) is 48.7 Å². The number of fused-ring (bicyclic) bond motifs is 1. The van der Waals surface area contributed by atoms with E-state index >= 15 is 0 Å². The van der Waals surface area contributed by atoms with Crippen LogP contribution in [0.3, 0.4) is 0 Å². The number of carbonyl (C=O) groups excluding carboxylic acids is 1. The highest BCUT2D eigenvalue weighted by Crippen LogP contribution is 2.52. The number of ether oxygens (including phenoxy) is 1. The normalized spacial score (nSPS) is 32.5. The fourth-order valence-corrected chi connectivity index (χ4v) is 5.65. The first-order valence-corrected chi connectivity index (χ1v) is 11.0. The van der Waals surface area contributed by atoms with Gasteiger partial charge in [0.1, 0.15) is 6.10 Å². The van der Waals surface area contributed by atoms with Crippen molar-refractivity contribution in [1.29, 1.82) is 5.26 Å². The molecule has 1 aromatic heterocycles. The summed E-state index contributed by atoms with van der Waals surface area (Å²) in [5.74, 6) is -0.125. The quantitative estimate of drug-likeness (QED) is 0.736. The number of aliphatic hydroxyl groups is 1. The maximum Gasteiger partial charge on any atom is 0.338 e. The van der Waals surface area contributed by atoms with Crippen LogP contribution in [0.4, 0.5) is 0 Å². The highest BCUT2D eigenvalue weighted by atomic mass is 16.6. The second-order valence-electron chi connectivity index (χ2n) is 8.88. The second-order valence-corrected chi connectivity index (χ2v) is 8.88. The molecule has 5 nitrogen and oxygen atoms in total. The fraction of sp³-hybridized carbons (Fsp3) is 0.423. The predicted molar refractivity (Wildman–Crippen MR) is 118 cm³/mol. The minimum absolute atomic E-state index is 0.0287. The minimum atomic E-state index is -1.40. The van der Waals surface area contributed by atoms with Gasteiger partial charge in [0.25, 0.3) is 0 Å². The molecular weight excluding hydrogens is 388 g/mol. The molecule has 6 unspecified atom stereocenters. The number of rotatable bonds is 4. The first-order valence-electron chi connectivity index (χ1n) is 11.0. The average Bonchev–Trinajstić information content (AvgIpc) is 2.99. The number of nitriles is 1. The second kappa shape index (κ2) is 8.28. The number of nitrogens with zero attached hydrogens (tertiary/aromatic N) is 2. The number of benzene rings is 1. The third kappa shape index (κ3) is 3.66. The lowest BCUT2D eigenvalue weighted by Crippen LogP contribution is -2.53. The van der Waals surface area contributed by atoms with E-state index in [0.29, 0.717) is 17.9 Å². The minimum Gasteiger partial charge on any atom is -0.460 e. The molecule has 4 rings (SSSR count). The predicted octanol–water partition coefficient (Wildman–Crippen LogP) is 4.61. The maximum absolute atomic E-state index is 12.4. The van der Waals surface area contributed by atoms with Gasteiger partial charge in [-0.05, 0) is 49.3 Å². The number of pyridine rings is 1. The van der Waals surface area contributed by atoms with Gasteiger partial charge in [-0.25, -0.2) is 4.79 Å². The van der Waals surface area contributed by atoms with E-state index in [1.807, 2.05) is 43.3 Å². The zero-order chi connectivity index (χ0) is 22.2. The molecule has 0 amide bonds. The van der Waals surface area contributed by atoms with E-state index in [-0.39, 0.29) is 23.9 Å². The van der Waals surface area contributed by atoms with Gasteiger partial charge in [0.15, 0.2) is 5.60 Å². The number of carbonyl (C=O) groups is 1. The van der Waals surface area contributed by atoms with E-state index in [2.05, 4.69) is 31.0 Å². The number of hydrogen-bond donors (Lipinski definition) is 1. The summed E-state index contributed by atoms with van der Waals surface area (Å²) in [6.45, 7) is 6.15. The Morgan fingerprint density at radius 1 is 1.29 bits per heavy atom. The van der Waals surface area contributed by atoms with Gasteiger partial charge < -0.3 is 9.84 Å². The number of esters is 1. The van der Waals surface area contributed by atoms with Gasteiger partial charge >= 0.3 is 5.97 Å². The van der Waals surface area contributed by atoms with E-state index in [1.54, 1.807) is 12.3 Å². The first-order chi connectivity index (χ1) is 14.9. The largest absolute Gasteiger partial charge is 0.460 e. The Hall–Kier alpha value is -2.97. The van der Waals surface area contributed by atoms with E-state index in [0.717, 1.165) is 23.2 Å². The zero-order valence-electron chi connectivity index (χ0n) is 18.2. The van der Waals surface area contributed by atoms with E-state index in [9.17, 15) is 15.2 Å². The molecular formula is C26H28N2O3. The van der Waals surface area contributed by atoms with Crippen LogP contribution >= 0.6 is 0 Å². The van der Waals surface area contributed by atoms with Crippen molar-refractivity contribution in [3.05, 3.63) is 59.9 Å².